The molecule has 0 bridgehead atoms. The van der Waals surface area contributed by atoms with Gasteiger partial charge in [0.2, 0.25) is 0 Å². The Hall–Kier alpha value is -2.27. The van der Waals surface area contributed by atoms with Gasteiger partial charge in [-0.05, 0) is 54.2 Å². The average molecular weight is 317 g/mol. The van der Waals surface area contributed by atoms with E-state index in [-0.39, 0.29) is 23.9 Å². The Kier molecular flexibility index (Phi) is 3.20. The maximum atomic E-state index is 14.1. The SMILES string of the molecule is OCCC1Cc2cc(F)ccc2-c2[nH]c3c(F)cc(F)cc3c21. The number of halogens is 3. The number of hydrogen-bond donors (Lipinski definition) is 2. The molecule has 0 saturated carbocycles. The van der Waals surface area contributed by atoms with Crippen LogP contribution in [-0.2, 0) is 6.42 Å². The number of rotatable bonds is 2. The van der Waals surface area contributed by atoms with Crippen LogP contribution in [0.3, 0.4) is 0 Å². The highest BCUT2D eigenvalue weighted by Crippen LogP contribution is 2.45. The zero-order chi connectivity index (χ0) is 16.1. The third kappa shape index (κ3) is 2.15. The van der Waals surface area contributed by atoms with Gasteiger partial charge in [-0.15, -0.1) is 0 Å². The summed E-state index contributed by atoms with van der Waals surface area (Å²) in [5.41, 5.74) is 3.34. The van der Waals surface area contributed by atoms with E-state index in [0.717, 1.165) is 22.8 Å². The summed E-state index contributed by atoms with van der Waals surface area (Å²) in [7, 11) is 0. The van der Waals surface area contributed by atoms with Gasteiger partial charge in [0.25, 0.3) is 0 Å². The van der Waals surface area contributed by atoms with Crippen molar-refractivity contribution in [3.8, 4) is 11.3 Å². The standard InChI is InChI=1S/C18H14F3NO/c19-11-1-2-13-10(6-11)5-9(3-4-23)16-14-7-12(20)8-15(21)17(14)22-18(13)16/h1-2,6-9,22-23H,3-5H2. The molecular weight excluding hydrogens is 303 g/mol. The van der Waals surface area contributed by atoms with Gasteiger partial charge in [0.05, 0.1) is 11.2 Å². The molecule has 4 rings (SSSR count). The summed E-state index contributed by atoms with van der Waals surface area (Å²) >= 11 is 0. The van der Waals surface area contributed by atoms with E-state index in [1.54, 1.807) is 6.07 Å². The molecule has 5 heteroatoms. The largest absolute Gasteiger partial charge is 0.396 e. The molecule has 0 fully saturated rings. The summed E-state index contributed by atoms with van der Waals surface area (Å²) in [5.74, 6) is -1.73. The van der Waals surface area contributed by atoms with Crippen LogP contribution in [0, 0.1) is 17.5 Å². The third-order valence-electron chi connectivity index (χ3n) is 4.55. The lowest BCUT2D eigenvalue weighted by molar-refractivity contribution is 0.275. The van der Waals surface area contributed by atoms with Crippen LogP contribution in [-0.4, -0.2) is 16.7 Å². The fourth-order valence-corrected chi connectivity index (χ4v) is 3.62. The van der Waals surface area contributed by atoms with E-state index < -0.39 is 11.6 Å². The number of H-pyrrole nitrogens is 1. The van der Waals surface area contributed by atoms with Gasteiger partial charge in [-0.1, -0.05) is 0 Å². The third-order valence-corrected chi connectivity index (χ3v) is 4.55. The van der Waals surface area contributed by atoms with Crippen molar-refractivity contribution in [2.24, 2.45) is 0 Å². The molecule has 0 spiro atoms. The number of hydrogen-bond acceptors (Lipinski definition) is 1. The number of nitrogens with one attached hydrogen (secondary N) is 1. The first-order valence-corrected chi connectivity index (χ1v) is 7.48. The van der Waals surface area contributed by atoms with Gasteiger partial charge in [-0.3, -0.25) is 0 Å². The van der Waals surface area contributed by atoms with Crippen LogP contribution in [0.25, 0.3) is 22.2 Å². The van der Waals surface area contributed by atoms with Crippen LogP contribution < -0.4 is 0 Å². The van der Waals surface area contributed by atoms with Gasteiger partial charge in [0.15, 0.2) is 0 Å². The normalized spacial score (nSPS) is 16.4. The highest BCUT2D eigenvalue weighted by molar-refractivity contribution is 5.93. The number of aliphatic hydroxyl groups excluding tert-OH is 1. The molecule has 2 nitrogen and oxygen atoms in total. The van der Waals surface area contributed by atoms with Crippen LogP contribution in [0.1, 0.15) is 23.5 Å². The zero-order valence-electron chi connectivity index (χ0n) is 12.2. The number of aromatic amines is 1. The minimum absolute atomic E-state index is 0.0424. The predicted octanol–water partition coefficient (Wildman–Crippen LogP) is 4.27. The first-order chi connectivity index (χ1) is 11.1. The molecular formula is C18H14F3NO. The molecule has 0 saturated heterocycles. The Morgan fingerprint density at radius 1 is 1.09 bits per heavy atom. The van der Waals surface area contributed by atoms with Crippen molar-refractivity contribution in [1.29, 1.82) is 0 Å². The van der Waals surface area contributed by atoms with Crippen molar-refractivity contribution in [3.63, 3.8) is 0 Å². The average Bonchev–Trinajstić information content (AvgIpc) is 2.87. The van der Waals surface area contributed by atoms with Crippen LogP contribution >= 0.6 is 0 Å². The topological polar surface area (TPSA) is 36.0 Å². The molecule has 1 aliphatic carbocycles. The maximum absolute atomic E-state index is 14.1. The highest BCUT2D eigenvalue weighted by atomic mass is 19.1. The molecule has 1 aliphatic rings. The monoisotopic (exact) mass is 317 g/mol. The summed E-state index contributed by atoms with van der Waals surface area (Å²) in [6.45, 7) is -0.0424. The van der Waals surface area contributed by atoms with Gasteiger partial charge in [0, 0.05) is 23.6 Å². The molecule has 118 valence electrons. The molecule has 1 aromatic heterocycles. The molecule has 23 heavy (non-hydrogen) atoms. The Bertz CT molecular complexity index is 916. The lowest BCUT2D eigenvalue weighted by atomic mass is 9.79. The zero-order valence-corrected chi connectivity index (χ0v) is 12.2. The number of benzene rings is 2. The van der Waals surface area contributed by atoms with Crippen molar-refractivity contribution < 1.29 is 18.3 Å². The van der Waals surface area contributed by atoms with Gasteiger partial charge >= 0.3 is 0 Å². The summed E-state index contributed by atoms with van der Waals surface area (Å²) in [4.78, 5) is 3.03. The van der Waals surface area contributed by atoms with Gasteiger partial charge < -0.3 is 10.1 Å². The van der Waals surface area contributed by atoms with E-state index in [9.17, 15) is 18.3 Å². The lowest BCUT2D eigenvalue weighted by Crippen LogP contribution is -2.12. The van der Waals surface area contributed by atoms with Crippen molar-refractivity contribution in [1.82, 2.24) is 4.98 Å². The molecule has 1 unspecified atom stereocenters. The van der Waals surface area contributed by atoms with Crippen LogP contribution in [0.4, 0.5) is 13.2 Å². The van der Waals surface area contributed by atoms with Crippen LogP contribution in [0.2, 0.25) is 0 Å². The lowest BCUT2D eigenvalue weighted by Gasteiger charge is -2.25. The smallest absolute Gasteiger partial charge is 0.150 e. The van der Waals surface area contributed by atoms with Gasteiger partial charge in [0.1, 0.15) is 17.5 Å². The number of aliphatic hydroxyl groups is 1. The van der Waals surface area contributed by atoms with Gasteiger partial charge in [-0.2, -0.15) is 0 Å². The van der Waals surface area contributed by atoms with Crippen molar-refractivity contribution in [3.05, 3.63) is 58.9 Å². The molecule has 1 heterocycles. The predicted molar refractivity (Wildman–Crippen MR) is 81.8 cm³/mol. The molecule has 3 aromatic rings. The molecule has 0 aliphatic heterocycles. The summed E-state index contributed by atoms with van der Waals surface area (Å²) in [6.07, 6.45) is 0.986. The quantitative estimate of drug-likeness (QED) is 0.727. The minimum Gasteiger partial charge on any atom is -0.396 e. The second-order valence-corrected chi connectivity index (χ2v) is 5.94. The fraction of sp³-hybridized carbons (Fsp3) is 0.222. The maximum Gasteiger partial charge on any atom is 0.150 e. The second-order valence-electron chi connectivity index (χ2n) is 5.94. The van der Waals surface area contributed by atoms with E-state index in [1.807, 2.05) is 0 Å². The first kappa shape index (κ1) is 14.3. The Morgan fingerprint density at radius 3 is 2.70 bits per heavy atom. The molecule has 2 N–H and O–H groups in total. The molecule has 2 aromatic carbocycles. The van der Waals surface area contributed by atoms with E-state index >= 15 is 0 Å². The van der Waals surface area contributed by atoms with E-state index in [1.165, 1.54) is 18.2 Å². The van der Waals surface area contributed by atoms with E-state index in [4.69, 9.17) is 0 Å². The Labute approximate surface area is 130 Å². The van der Waals surface area contributed by atoms with E-state index in [0.29, 0.717) is 23.9 Å². The van der Waals surface area contributed by atoms with Crippen molar-refractivity contribution >= 4 is 10.9 Å². The number of fused-ring (bicyclic) bond motifs is 5. The fourth-order valence-electron chi connectivity index (χ4n) is 3.62. The second kappa shape index (κ2) is 5.13. The van der Waals surface area contributed by atoms with Crippen LogP contribution in [0.5, 0.6) is 0 Å². The summed E-state index contributed by atoms with van der Waals surface area (Å²) in [6, 6.07) is 6.63. The van der Waals surface area contributed by atoms with E-state index in [2.05, 4.69) is 4.98 Å². The first-order valence-electron chi connectivity index (χ1n) is 7.48. The van der Waals surface area contributed by atoms with Crippen molar-refractivity contribution in [2.45, 2.75) is 18.8 Å². The molecule has 1 atom stereocenters. The summed E-state index contributed by atoms with van der Waals surface area (Å²) < 4.78 is 41.3. The molecule has 0 radical (unpaired) electrons. The number of aromatic nitrogens is 1. The summed E-state index contributed by atoms with van der Waals surface area (Å²) in [5, 5.41) is 9.82. The van der Waals surface area contributed by atoms with Crippen molar-refractivity contribution in [2.75, 3.05) is 6.61 Å². The minimum atomic E-state index is -0.652. The molecule has 0 amide bonds. The highest BCUT2D eigenvalue weighted by Gasteiger charge is 2.29. The van der Waals surface area contributed by atoms with Gasteiger partial charge in [-0.25, -0.2) is 13.2 Å². The Balaban J connectivity index is 2.05. The van der Waals surface area contributed by atoms with Crippen LogP contribution in [0.15, 0.2) is 30.3 Å². The Morgan fingerprint density at radius 2 is 1.91 bits per heavy atom.